The topological polar surface area (TPSA) is 66.5 Å². The van der Waals surface area contributed by atoms with E-state index in [0.717, 1.165) is 25.8 Å². The molecule has 0 aromatic heterocycles. The van der Waals surface area contributed by atoms with Gasteiger partial charge in [-0.15, -0.1) is 0 Å². The largest absolute Gasteiger partial charge is 0.336 e. The van der Waals surface area contributed by atoms with Crippen molar-refractivity contribution in [3.63, 3.8) is 0 Å². The number of benzene rings is 2. The first-order valence-corrected chi connectivity index (χ1v) is 9.94. The van der Waals surface area contributed by atoms with Gasteiger partial charge in [-0.3, -0.25) is 9.52 Å². The Balaban J connectivity index is 1.73. The number of nitrogens with zero attached hydrogens (tertiary/aromatic N) is 1. The highest BCUT2D eigenvalue weighted by Gasteiger charge is 2.24. The normalized spacial score (nSPS) is 18.0. The third-order valence-electron chi connectivity index (χ3n) is 4.50. The number of carbonyl (C=O) groups is 1. The van der Waals surface area contributed by atoms with Gasteiger partial charge in [0.05, 0.1) is 4.90 Å². The molecule has 1 amide bonds. The van der Waals surface area contributed by atoms with Gasteiger partial charge in [-0.2, -0.15) is 0 Å². The molecule has 1 aliphatic rings. The molecular weight excluding hydrogens is 336 g/mol. The van der Waals surface area contributed by atoms with Gasteiger partial charge in [-0.25, -0.2) is 8.42 Å². The number of hydrogen-bond donors (Lipinski definition) is 1. The predicted molar refractivity (Wildman–Crippen MR) is 98.0 cm³/mol. The summed E-state index contributed by atoms with van der Waals surface area (Å²) in [5, 5.41) is 0. The molecule has 132 valence electrons. The molecule has 1 fully saturated rings. The van der Waals surface area contributed by atoms with Gasteiger partial charge in [0.25, 0.3) is 15.9 Å². The summed E-state index contributed by atoms with van der Waals surface area (Å²) in [6.45, 7) is 2.85. The van der Waals surface area contributed by atoms with Crippen LogP contribution >= 0.6 is 0 Å². The second-order valence-electron chi connectivity index (χ2n) is 6.34. The summed E-state index contributed by atoms with van der Waals surface area (Å²) in [6, 6.07) is 15.0. The standard InChI is InChI=1S/C19H22N2O3S/c1-15-7-5-6-14-21(15)19(22)16-10-12-17(13-11-16)20-25(23,24)18-8-3-2-4-9-18/h2-4,8-13,15,20H,5-7,14H2,1H3/t15-/m0/s1. The second kappa shape index (κ2) is 7.27. The Morgan fingerprint density at radius 1 is 1.04 bits per heavy atom. The van der Waals surface area contributed by atoms with Crippen LogP contribution in [0.3, 0.4) is 0 Å². The van der Waals surface area contributed by atoms with E-state index >= 15 is 0 Å². The fraction of sp³-hybridized carbons (Fsp3) is 0.316. The van der Waals surface area contributed by atoms with Crippen molar-refractivity contribution in [1.82, 2.24) is 4.90 Å². The van der Waals surface area contributed by atoms with Crippen LogP contribution in [0, 0.1) is 0 Å². The number of rotatable bonds is 4. The Morgan fingerprint density at radius 2 is 1.72 bits per heavy atom. The van der Waals surface area contributed by atoms with Crippen molar-refractivity contribution in [3.05, 3.63) is 60.2 Å². The van der Waals surface area contributed by atoms with Crippen LogP contribution < -0.4 is 4.72 Å². The maximum atomic E-state index is 12.6. The van der Waals surface area contributed by atoms with Crippen LogP contribution in [0.25, 0.3) is 0 Å². The molecule has 25 heavy (non-hydrogen) atoms. The molecule has 1 N–H and O–H groups in total. The van der Waals surface area contributed by atoms with Gasteiger partial charge in [-0.05, 0) is 62.6 Å². The zero-order valence-corrected chi connectivity index (χ0v) is 15.0. The molecule has 0 radical (unpaired) electrons. The third kappa shape index (κ3) is 4.02. The first-order valence-electron chi connectivity index (χ1n) is 8.46. The molecule has 6 heteroatoms. The van der Waals surface area contributed by atoms with Crippen LogP contribution in [0.2, 0.25) is 0 Å². The fourth-order valence-electron chi connectivity index (χ4n) is 3.06. The summed E-state index contributed by atoms with van der Waals surface area (Å²) in [5.74, 6) is 0.00432. The lowest BCUT2D eigenvalue weighted by molar-refractivity contribution is 0.0635. The smallest absolute Gasteiger partial charge is 0.261 e. The average molecular weight is 358 g/mol. The number of nitrogens with one attached hydrogen (secondary N) is 1. The van der Waals surface area contributed by atoms with E-state index in [1.807, 2.05) is 4.90 Å². The van der Waals surface area contributed by atoms with Crippen molar-refractivity contribution in [2.75, 3.05) is 11.3 Å². The minimum atomic E-state index is -3.62. The van der Waals surface area contributed by atoms with Gasteiger partial charge in [0.15, 0.2) is 0 Å². The lowest BCUT2D eigenvalue weighted by Crippen LogP contribution is -2.42. The van der Waals surface area contributed by atoms with Crippen LogP contribution in [0.1, 0.15) is 36.5 Å². The van der Waals surface area contributed by atoms with Crippen molar-refractivity contribution >= 4 is 21.6 Å². The Bertz CT molecular complexity index is 833. The highest BCUT2D eigenvalue weighted by molar-refractivity contribution is 7.92. The molecule has 1 saturated heterocycles. The summed E-state index contributed by atoms with van der Waals surface area (Å²) < 4.78 is 27.2. The Morgan fingerprint density at radius 3 is 2.36 bits per heavy atom. The van der Waals surface area contributed by atoms with E-state index in [1.54, 1.807) is 42.5 Å². The van der Waals surface area contributed by atoms with Gasteiger partial charge in [0.2, 0.25) is 0 Å². The lowest BCUT2D eigenvalue weighted by atomic mass is 10.0. The predicted octanol–water partition coefficient (Wildman–Crippen LogP) is 3.50. The van der Waals surface area contributed by atoms with E-state index in [-0.39, 0.29) is 16.8 Å². The molecule has 3 rings (SSSR count). The molecule has 0 spiro atoms. The van der Waals surface area contributed by atoms with Crippen molar-refractivity contribution < 1.29 is 13.2 Å². The van der Waals surface area contributed by atoms with Crippen molar-refractivity contribution in [3.8, 4) is 0 Å². The number of hydrogen-bond acceptors (Lipinski definition) is 3. The Labute approximate surface area is 148 Å². The SMILES string of the molecule is C[C@H]1CCCCN1C(=O)c1ccc(NS(=O)(=O)c2ccccc2)cc1. The molecule has 1 atom stereocenters. The third-order valence-corrected chi connectivity index (χ3v) is 5.90. The van der Waals surface area contributed by atoms with Gasteiger partial charge in [-0.1, -0.05) is 18.2 Å². The van der Waals surface area contributed by atoms with Crippen LogP contribution in [-0.2, 0) is 10.0 Å². The highest BCUT2D eigenvalue weighted by atomic mass is 32.2. The number of likely N-dealkylation sites (tertiary alicyclic amines) is 1. The summed E-state index contributed by atoms with van der Waals surface area (Å²) in [7, 11) is -3.62. The summed E-state index contributed by atoms with van der Waals surface area (Å²) in [5.41, 5.74) is 1.02. The fourth-order valence-corrected chi connectivity index (χ4v) is 4.14. The van der Waals surface area contributed by atoms with E-state index < -0.39 is 10.0 Å². The quantitative estimate of drug-likeness (QED) is 0.910. The number of sulfonamides is 1. The number of piperidine rings is 1. The molecular formula is C19H22N2O3S. The first-order chi connectivity index (χ1) is 12.0. The Hall–Kier alpha value is -2.34. The van der Waals surface area contributed by atoms with Crippen molar-refractivity contribution in [2.45, 2.75) is 37.1 Å². The number of anilines is 1. The van der Waals surface area contributed by atoms with Gasteiger partial charge in [0, 0.05) is 23.8 Å². The van der Waals surface area contributed by atoms with Crippen LogP contribution in [0.4, 0.5) is 5.69 Å². The zero-order chi connectivity index (χ0) is 17.9. The monoisotopic (exact) mass is 358 g/mol. The number of carbonyl (C=O) groups excluding carboxylic acids is 1. The zero-order valence-electron chi connectivity index (χ0n) is 14.2. The Kier molecular flexibility index (Phi) is 5.08. The van der Waals surface area contributed by atoms with E-state index in [9.17, 15) is 13.2 Å². The summed E-state index contributed by atoms with van der Waals surface area (Å²) >= 11 is 0. The van der Waals surface area contributed by atoms with Gasteiger partial charge in [0.1, 0.15) is 0 Å². The minimum absolute atomic E-state index is 0.00432. The van der Waals surface area contributed by atoms with Crippen LogP contribution in [0.5, 0.6) is 0 Å². The highest BCUT2D eigenvalue weighted by Crippen LogP contribution is 2.21. The molecule has 1 aliphatic heterocycles. The van der Waals surface area contributed by atoms with Gasteiger partial charge >= 0.3 is 0 Å². The molecule has 2 aromatic rings. The van der Waals surface area contributed by atoms with E-state index in [4.69, 9.17) is 0 Å². The number of amides is 1. The second-order valence-corrected chi connectivity index (χ2v) is 8.02. The van der Waals surface area contributed by atoms with E-state index in [0.29, 0.717) is 11.3 Å². The maximum Gasteiger partial charge on any atom is 0.261 e. The lowest BCUT2D eigenvalue weighted by Gasteiger charge is -2.33. The van der Waals surface area contributed by atoms with E-state index in [1.165, 1.54) is 12.1 Å². The van der Waals surface area contributed by atoms with E-state index in [2.05, 4.69) is 11.6 Å². The molecule has 5 nitrogen and oxygen atoms in total. The van der Waals surface area contributed by atoms with Gasteiger partial charge < -0.3 is 4.90 Å². The maximum absolute atomic E-state index is 12.6. The van der Waals surface area contributed by atoms with Crippen molar-refractivity contribution in [2.24, 2.45) is 0 Å². The van der Waals surface area contributed by atoms with Crippen molar-refractivity contribution in [1.29, 1.82) is 0 Å². The van der Waals surface area contributed by atoms with Crippen LogP contribution in [0.15, 0.2) is 59.5 Å². The molecule has 1 heterocycles. The molecule has 0 aliphatic carbocycles. The summed E-state index contributed by atoms with van der Waals surface area (Å²) in [4.78, 5) is 14.7. The minimum Gasteiger partial charge on any atom is -0.336 e. The summed E-state index contributed by atoms with van der Waals surface area (Å²) in [6.07, 6.45) is 3.22. The molecule has 2 aromatic carbocycles. The molecule has 0 unspecified atom stereocenters. The molecule has 0 bridgehead atoms. The van der Waals surface area contributed by atoms with Crippen LogP contribution in [-0.4, -0.2) is 31.8 Å². The average Bonchev–Trinajstić information content (AvgIpc) is 2.63. The first kappa shape index (κ1) is 17.5. The molecule has 0 saturated carbocycles.